The van der Waals surface area contributed by atoms with Crippen LogP contribution in [0.2, 0.25) is 0 Å². The number of aromatic nitrogens is 3. The summed E-state index contributed by atoms with van der Waals surface area (Å²) in [5.74, 6) is 2.15. The van der Waals surface area contributed by atoms with Crippen LogP contribution >= 0.6 is 15.9 Å². The summed E-state index contributed by atoms with van der Waals surface area (Å²) in [6.07, 6.45) is 1.82. The first-order valence-corrected chi connectivity index (χ1v) is 11.2. The van der Waals surface area contributed by atoms with E-state index in [0.29, 0.717) is 35.7 Å². The first-order valence-electron chi connectivity index (χ1n) is 10.4. The highest BCUT2D eigenvalue weighted by atomic mass is 79.9. The van der Waals surface area contributed by atoms with Gasteiger partial charge in [0, 0.05) is 29.3 Å². The van der Waals surface area contributed by atoms with Crippen LogP contribution in [0.4, 0.5) is 5.82 Å². The van der Waals surface area contributed by atoms with Crippen molar-refractivity contribution in [3.8, 4) is 16.9 Å². The fourth-order valence-corrected chi connectivity index (χ4v) is 4.12. The number of halogens is 1. The third kappa shape index (κ3) is 4.37. The number of ether oxygens (including phenoxy) is 2. The normalized spacial score (nSPS) is 14.0. The summed E-state index contributed by atoms with van der Waals surface area (Å²) in [5, 5.41) is 0.542. The Morgan fingerprint density at radius 3 is 2.72 bits per heavy atom. The summed E-state index contributed by atoms with van der Waals surface area (Å²) in [6, 6.07) is 17.3. The molecule has 0 spiro atoms. The lowest BCUT2D eigenvalue weighted by atomic mass is 10.1. The van der Waals surface area contributed by atoms with E-state index in [1.165, 1.54) is 0 Å². The number of pyridine rings is 1. The van der Waals surface area contributed by atoms with E-state index in [1.54, 1.807) is 6.07 Å². The number of hydrogen-bond acceptors (Lipinski definition) is 6. The summed E-state index contributed by atoms with van der Waals surface area (Å²) in [7, 11) is 0. The molecule has 1 aliphatic heterocycles. The molecule has 0 aliphatic carbocycles. The number of nitrogens with zero attached hydrogens (tertiary/aromatic N) is 3. The Labute approximate surface area is 193 Å². The number of nitrogens with one attached hydrogen (secondary N) is 1. The lowest BCUT2D eigenvalue weighted by molar-refractivity contribution is 0.122. The summed E-state index contributed by atoms with van der Waals surface area (Å²) in [4.78, 5) is 26.5. The number of aromatic amines is 1. The molecule has 2 aromatic carbocycles. The lowest BCUT2D eigenvalue weighted by Gasteiger charge is -2.29. The maximum Gasteiger partial charge on any atom is 0.258 e. The Kier molecular flexibility index (Phi) is 5.87. The molecule has 4 aromatic rings. The van der Waals surface area contributed by atoms with Crippen LogP contribution < -0.4 is 15.2 Å². The van der Waals surface area contributed by atoms with E-state index < -0.39 is 0 Å². The average Bonchev–Trinajstić information content (AvgIpc) is 2.84. The largest absolute Gasteiger partial charge is 0.486 e. The van der Waals surface area contributed by atoms with E-state index in [4.69, 9.17) is 9.47 Å². The van der Waals surface area contributed by atoms with Gasteiger partial charge in [0.05, 0.1) is 24.1 Å². The SMILES string of the molecule is O=c1[nH]c(COc2ccc(-c3cccnc3N3CCOCC3)cc2)nc2ccc(Br)cc12. The van der Waals surface area contributed by atoms with Crippen LogP contribution in [0.3, 0.4) is 0 Å². The molecule has 0 amide bonds. The van der Waals surface area contributed by atoms with Crippen molar-refractivity contribution in [1.82, 2.24) is 15.0 Å². The van der Waals surface area contributed by atoms with Crippen molar-refractivity contribution in [2.24, 2.45) is 0 Å². The van der Waals surface area contributed by atoms with Crippen molar-refractivity contribution in [3.05, 3.63) is 81.4 Å². The van der Waals surface area contributed by atoms with E-state index in [1.807, 2.05) is 48.7 Å². The van der Waals surface area contributed by atoms with Crippen molar-refractivity contribution < 1.29 is 9.47 Å². The monoisotopic (exact) mass is 492 g/mol. The van der Waals surface area contributed by atoms with Gasteiger partial charge in [0.2, 0.25) is 0 Å². The molecule has 2 aromatic heterocycles. The molecule has 0 unspecified atom stereocenters. The number of morpholine rings is 1. The molecular formula is C24H21BrN4O3. The molecule has 162 valence electrons. The van der Waals surface area contributed by atoms with Crippen LogP contribution in [-0.2, 0) is 11.3 Å². The number of anilines is 1. The minimum atomic E-state index is -0.183. The molecule has 1 saturated heterocycles. The van der Waals surface area contributed by atoms with Gasteiger partial charge < -0.3 is 19.4 Å². The van der Waals surface area contributed by atoms with Crippen LogP contribution in [0.15, 0.2) is 70.1 Å². The third-order valence-corrected chi connectivity index (χ3v) is 5.85. The first-order chi connectivity index (χ1) is 15.7. The number of rotatable bonds is 5. The van der Waals surface area contributed by atoms with E-state index >= 15 is 0 Å². The highest BCUT2D eigenvalue weighted by Crippen LogP contribution is 2.30. The van der Waals surface area contributed by atoms with Crippen molar-refractivity contribution >= 4 is 32.7 Å². The van der Waals surface area contributed by atoms with Gasteiger partial charge in [-0.15, -0.1) is 0 Å². The minimum absolute atomic E-state index is 0.173. The number of fused-ring (bicyclic) bond motifs is 1. The maximum absolute atomic E-state index is 12.3. The van der Waals surface area contributed by atoms with Crippen LogP contribution in [0.5, 0.6) is 5.75 Å². The number of H-pyrrole nitrogens is 1. The topological polar surface area (TPSA) is 80.3 Å². The predicted molar refractivity (Wildman–Crippen MR) is 127 cm³/mol. The van der Waals surface area contributed by atoms with Crippen LogP contribution in [0.1, 0.15) is 5.82 Å². The third-order valence-electron chi connectivity index (χ3n) is 5.35. The summed E-state index contributed by atoms with van der Waals surface area (Å²) < 4.78 is 12.2. The summed E-state index contributed by atoms with van der Waals surface area (Å²) in [6.45, 7) is 3.26. The molecule has 0 radical (unpaired) electrons. The van der Waals surface area contributed by atoms with Crippen molar-refractivity contribution in [1.29, 1.82) is 0 Å². The molecule has 1 N–H and O–H groups in total. The van der Waals surface area contributed by atoms with Crippen molar-refractivity contribution in [3.63, 3.8) is 0 Å². The second kappa shape index (κ2) is 9.10. The Hall–Kier alpha value is -3.23. The Bertz CT molecular complexity index is 1300. The van der Waals surface area contributed by atoms with Crippen LogP contribution in [0.25, 0.3) is 22.0 Å². The van der Waals surface area contributed by atoms with Crippen LogP contribution in [-0.4, -0.2) is 41.3 Å². The molecule has 0 saturated carbocycles. The van der Waals surface area contributed by atoms with Gasteiger partial charge in [0.1, 0.15) is 24.0 Å². The average molecular weight is 493 g/mol. The highest BCUT2D eigenvalue weighted by Gasteiger charge is 2.16. The van der Waals surface area contributed by atoms with Gasteiger partial charge >= 0.3 is 0 Å². The fraction of sp³-hybridized carbons (Fsp3) is 0.208. The molecule has 8 heteroatoms. The number of benzene rings is 2. The van der Waals surface area contributed by atoms with E-state index in [-0.39, 0.29) is 12.2 Å². The van der Waals surface area contributed by atoms with E-state index in [9.17, 15) is 4.79 Å². The zero-order valence-corrected chi connectivity index (χ0v) is 18.8. The van der Waals surface area contributed by atoms with Gasteiger partial charge in [0.25, 0.3) is 5.56 Å². The van der Waals surface area contributed by atoms with Gasteiger partial charge in [-0.3, -0.25) is 4.79 Å². The zero-order valence-electron chi connectivity index (χ0n) is 17.3. The molecule has 1 fully saturated rings. The minimum Gasteiger partial charge on any atom is -0.486 e. The Balaban J connectivity index is 1.33. The molecule has 7 nitrogen and oxygen atoms in total. The second-order valence-electron chi connectivity index (χ2n) is 7.46. The zero-order chi connectivity index (χ0) is 21.9. The van der Waals surface area contributed by atoms with Gasteiger partial charge in [-0.25, -0.2) is 9.97 Å². The Morgan fingerprint density at radius 1 is 1.09 bits per heavy atom. The van der Waals surface area contributed by atoms with Gasteiger partial charge in [-0.2, -0.15) is 0 Å². The van der Waals surface area contributed by atoms with Gasteiger partial charge in [0.15, 0.2) is 0 Å². The molecule has 32 heavy (non-hydrogen) atoms. The van der Waals surface area contributed by atoms with Crippen LogP contribution in [0, 0.1) is 0 Å². The predicted octanol–water partition coefficient (Wildman–Crippen LogP) is 4.16. The van der Waals surface area contributed by atoms with Crippen molar-refractivity contribution in [2.45, 2.75) is 6.61 Å². The lowest BCUT2D eigenvalue weighted by Crippen LogP contribution is -2.37. The van der Waals surface area contributed by atoms with Gasteiger partial charge in [-0.1, -0.05) is 28.1 Å². The summed E-state index contributed by atoms with van der Waals surface area (Å²) in [5.41, 5.74) is 2.60. The smallest absolute Gasteiger partial charge is 0.258 e. The molecular weight excluding hydrogens is 472 g/mol. The standard InChI is InChI=1S/C24H21BrN4O3/c25-17-5-8-21-20(14-17)24(30)28-22(27-21)15-32-18-6-3-16(4-7-18)19-2-1-9-26-23(19)29-10-12-31-13-11-29/h1-9,14H,10-13,15H2,(H,27,28,30). The van der Waals surface area contributed by atoms with E-state index in [2.05, 4.69) is 41.8 Å². The fourth-order valence-electron chi connectivity index (χ4n) is 3.76. The van der Waals surface area contributed by atoms with E-state index in [0.717, 1.165) is 34.5 Å². The first kappa shape index (κ1) is 20.7. The number of hydrogen-bond donors (Lipinski definition) is 1. The van der Waals surface area contributed by atoms with Crippen molar-refractivity contribution in [2.75, 3.05) is 31.2 Å². The van der Waals surface area contributed by atoms with Gasteiger partial charge in [-0.05, 0) is 48.0 Å². The highest BCUT2D eigenvalue weighted by molar-refractivity contribution is 9.10. The molecule has 5 rings (SSSR count). The Morgan fingerprint density at radius 2 is 1.91 bits per heavy atom. The molecule has 0 bridgehead atoms. The molecule has 0 atom stereocenters. The molecule has 3 heterocycles. The maximum atomic E-state index is 12.3. The quantitative estimate of drug-likeness (QED) is 0.450. The molecule has 1 aliphatic rings. The summed E-state index contributed by atoms with van der Waals surface area (Å²) >= 11 is 3.38. The second-order valence-corrected chi connectivity index (χ2v) is 8.38.